The van der Waals surface area contributed by atoms with Gasteiger partial charge in [-0.15, -0.1) is 6.42 Å². The molecule has 2 rings (SSSR count). The normalized spacial score (nSPS) is 10.7. The van der Waals surface area contributed by atoms with Gasteiger partial charge in [0.05, 0.1) is 0 Å². The summed E-state index contributed by atoms with van der Waals surface area (Å²) < 4.78 is 5.63. The van der Waals surface area contributed by atoms with Crippen molar-refractivity contribution in [3.63, 3.8) is 0 Å². The summed E-state index contributed by atoms with van der Waals surface area (Å²) in [6.45, 7) is 1.93. The highest BCUT2D eigenvalue weighted by molar-refractivity contribution is 5.36. The minimum atomic E-state index is -0.894. The Balaban J connectivity index is 0.000000612. The zero-order chi connectivity index (χ0) is 14.8. The number of para-hydroxylation sites is 1. The maximum atomic E-state index is 9.53. The number of benzene rings is 2. The van der Waals surface area contributed by atoms with E-state index in [1.165, 1.54) is 0 Å². The second-order valence-electron chi connectivity index (χ2n) is 3.87. The smallest absolute Gasteiger partial charge is 0.140 e. The molecule has 0 aliphatic rings. The number of aliphatic hydroxyl groups excluding tert-OH is 2. The van der Waals surface area contributed by atoms with E-state index in [4.69, 9.17) is 16.3 Å². The fourth-order valence-corrected chi connectivity index (χ4v) is 1.47. The van der Waals surface area contributed by atoms with Gasteiger partial charge in [-0.3, -0.25) is 0 Å². The van der Waals surface area contributed by atoms with Crippen LogP contribution in [0.1, 0.15) is 18.6 Å². The van der Waals surface area contributed by atoms with E-state index in [1.54, 1.807) is 25.1 Å². The van der Waals surface area contributed by atoms with Gasteiger partial charge in [0.25, 0.3) is 0 Å². The molecule has 3 heteroatoms. The fourth-order valence-electron chi connectivity index (χ4n) is 1.47. The van der Waals surface area contributed by atoms with Gasteiger partial charge in [0, 0.05) is 6.61 Å². The first-order valence-electron chi connectivity index (χ1n) is 6.29. The molecule has 1 unspecified atom stereocenters. The van der Waals surface area contributed by atoms with Crippen LogP contribution in [0.4, 0.5) is 0 Å². The van der Waals surface area contributed by atoms with Crippen molar-refractivity contribution in [1.82, 2.24) is 0 Å². The predicted octanol–water partition coefficient (Wildman–Crippen LogP) is 3.14. The summed E-state index contributed by atoms with van der Waals surface area (Å²) in [5.41, 5.74) is 0.654. The molecular formula is C17H18O3. The standard InChI is InChI=1S/C15H12O2.C2H6O/c1-2-15(16)12-7-6-10-14(11-12)17-13-8-4-3-5-9-13;1-2-3/h1,3-11,15-16H;3H,2H2,1H3. The molecule has 0 amide bonds. The van der Waals surface area contributed by atoms with Gasteiger partial charge in [0.1, 0.15) is 17.6 Å². The Morgan fingerprint density at radius 2 is 1.70 bits per heavy atom. The lowest BCUT2D eigenvalue weighted by molar-refractivity contribution is 0.238. The first kappa shape index (κ1) is 15.8. The van der Waals surface area contributed by atoms with Gasteiger partial charge in [-0.05, 0) is 36.8 Å². The van der Waals surface area contributed by atoms with E-state index < -0.39 is 6.10 Å². The van der Waals surface area contributed by atoms with E-state index in [2.05, 4.69) is 5.92 Å². The van der Waals surface area contributed by atoms with Gasteiger partial charge < -0.3 is 14.9 Å². The van der Waals surface area contributed by atoms with Crippen molar-refractivity contribution in [2.75, 3.05) is 6.61 Å². The lowest BCUT2D eigenvalue weighted by Gasteiger charge is -2.08. The molecule has 0 aromatic heterocycles. The number of aliphatic hydroxyl groups is 2. The first-order chi connectivity index (χ1) is 9.71. The van der Waals surface area contributed by atoms with Crippen LogP contribution in [0.25, 0.3) is 0 Å². The molecule has 0 aliphatic carbocycles. The van der Waals surface area contributed by atoms with Gasteiger partial charge in [0.15, 0.2) is 0 Å². The van der Waals surface area contributed by atoms with E-state index in [0.29, 0.717) is 11.3 Å². The van der Waals surface area contributed by atoms with Gasteiger partial charge in [-0.25, -0.2) is 0 Å². The quantitative estimate of drug-likeness (QED) is 0.842. The number of hydrogen-bond donors (Lipinski definition) is 2. The van der Waals surface area contributed by atoms with Gasteiger partial charge >= 0.3 is 0 Å². The van der Waals surface area contributed by atoms with Gasteiger partial charge in [-0.2, -0.15) is 0 Å². The molecule has 0 fully saturated rings. The van der Waals surface area contributed by atoms with Crippen molar-refractivity contribution in [3.05, 3.63) is 60.2 Å². The highest BCUT2D eigenvalue weighted by atomic mass is 16.5. The molecule has 0 heterocycles. The lowest BCUT2D eigenvalue weighted by atomic mass is 10.1. The zero-order valence-electron chi connectivity index (χ0n) is 11.4. The van der Waals surface area contributed by atoms with Crippen molar-refractivity contribution < 1.29 is 14.9 Å². The van der Waals surface area contributed by atoms with Crippen molar-refractivity contribution in [2.24, 2.45) is 0 Å². The van der Waals surface area contributed by atoms with E-state index in [-0.39, 0.29) is 6.61 Å². The van der Waals surface area contributed by atoms with Crippen molar-refractivity contribution in [3.8, 4) is 23.8 Å². The molecule has 0 bridgehead atoms. The van der Waals surface area contributed by atoms with Crippen molar-refractivity contribution in [2.45, 2.75) is 13.0 Å². The largest absolute Gasteiger partial charge is 0.457 e. The average molecular weight is 270 g/mol. The van der Waals surface area contributed by atoms with E-state index in [1.807, 2.05) is 36.4 Å². The van der Waals surface area contributed by atoms with Crippen LogP contribution in [-0.2, 0) is 0 Å². The van der Waals surface area contributed by atoms with Crippen LogP contribution in [0.5, 0.6) is 11.5 Å². The Hall–Kier alpha value is -2.28. The number of terminal acetylenes is 1. The summed E-state index contributed by atoms with van der Waals surface area (Å²) in [4.78, 5) is 0. The molecule has 0 saturated carbocycles. The lowest BCUT2D eigenvalue weighted by Crippen LogP contribution is -1.93. The highest BCUT2D eigenvalue weighted by Gasteiger charge is 2.04. The monoisotopic (exact) mass is 270 g/mol. The SMILES string of the molecule is C#CC(O)c1cccc(Oc2ccccc2)c1.CCO. The van der Waals surface area contributed by atoms with Crippen LogP contribution in [0.3, 0.4) is 0 Å². The maximum Gasteiger partial charge on any atom is 0.140 e. The highest BCUT2D eigenvalue weighted by Crippen LogP contribution is 2.24. The minimum absolute atomic E-state index is 0.250. The third kappa shape index (κ3) is 5.15. The second-order valence-corrected chi connectivity index (χ2v) is 3.87. The molecule has 0 aliphatic heterocycles. The third-order valence-corrected chi connectivity index (χ3v) is 2.31. The van der Waals surface area contributed by atoms with Crippen LogP contribution in [-0.4, -0.2) is 16.8 Å². The summed E-state index contributed by atoms with van der Waals surface area (Å²) in [5.74, 6) is 3.68. The topological polar surface area (TPSA) is 49.7 Å². The van der Waals surface area contributed by atoms with E-state index in [9.17, 15) is 5.11 Å². The van der Waals surface area contributed by atoms with Crippen molar-refractivity contribution in [1.29, 1.82) is 0 Å². The zero-order valence-corrected chi connectivity index (χ0v) is 11.4. The fraction of sp³-hybridized carbons (Fsp3) is 0.176. The Bertz CT molecular complexity index is 544. The molecule has 0 saturated heterocycles. The first-order valence-corrected chi connectivity index (χ1v) is 6.29. The summed E-state index contributed by atoms with van der Waals surface area (Å²) >= 11 is 0. The summed E-state index contributed by atoms with van der Waals surface area (Å²) in [6, 6.07) is 16.6. The Labute approximate surface area is 119 Å². The number of hydrogen-bond acceptors (Lipinski definition) is 3. The van der Waals surface area contributed by atoms with E-state index in [0.717, 1.165) is 5.75 Å². The molecule has 2 aromatic carbocycles. The minimum Gasteiger partial charge on any atom is -0.457 e. The molecule has 1 atom stereocenters. The molecule has 0 radical (unpaired) electrons. The maximum absolute atomic E-state index is 9.53. The average Bonchev–Trinajstić information content (AvgIpc) is 2.48. The predicted molar refractivity (Wildman–Crippen MR) is 79.5 cm³/mol. The number of ether oxygens (including phenoxy) is 1. The third-order valence-electron chi connectivity index (χ3n) is 2.31. The Morgan fingerprint density at radius 3 is 2.30 bits per heavy atom. The van der Waals surface area contributed by atoms with E-state index >= 15 is 0 Å². The molecule has 3 nitrogen and oxygen atoms in total. The molecule has 20 heavy (non-hydrogen) atoms. The molecule has 104 valence electrons. The molecule has 0 spiro atoms. The van der Waals surface area contributed by atoms with Crippen LogP contribution in [0, 0.1) is 12.3 Å². The molecule has 2 N–H and O–H groups in total. The summed E-state index contributed by atoms with van der Waals surface area (Å²) in [5, 5.41) is 17.1. The van der Waals surface area contributed by atoms with Crippen LogP contribution in [0.2, 0.25) is 0 Å². The Morgan fingerprint density at radius 1 is 1.10 bits per heavy atom. The molecule has 2 aromatic rings. The van der Waals surface area contributed by atoms with Gasteiger partial charge in [0.2, 0.25) is 0 Å². The second kappa shape index (κ2) is 8.76. The van der Waals surface area contributed by atoms with Crippen LogP contribution < -0.4 is 4.74 Å². The van der Waals surface area contributed by atoms with Crippen LogP contribution >= 0.6 is 0 Å². The van der Waals surface area contributed by atoms with Crippen LogP contribution in [0.15, 0.2) is 54.6 Å². The van der Waals surface area contributed by atoms with Gasteiger partial charge in [-0.1, -0.05) is 36.3 Å². The van der Waals surface area contributed by atoms with Crippen molar-refractivity contribution >= 4 is 0 Å². The summed E-state index contributed by atoms with van der Waals surface area (Å²) in [7, 11) is 0. The Kier molecular flexibility index (Phi) is 6.91. The molecular weight excluding hydrogens is 252 g/mol. The summed E-state index contributed by atoms with van der Waals surface area (Å²) in [6.07, 6.45) is 4.27. The number of rotatable bonds is 3.